The van der Waals surface area contributed by atoms with E-state index < -0.39 is 17.2 Å². The Morgan fingerprint density at radius 2 is 1.90 bits per heavy atom. The summed E-state index contributed by atoms with van der Waals surface area (Å²) in [5, 5.41) is 6.38. The molecule has 0 radical (unpaired) electrons. The lowest BCUT2D eigenvalue weighted by molar-refractivity contribution is 0.0185. The standard InChI is InChI=1S/C21H32F2N4O2.HI/c1-5-24-19(26-14-16-12-17(22)6-7-18(16)23)25-13-15-8-10-27(11-9-15)20(28)29-21(2,3)4;/h6-7,12,15H,5,8-11,13-14H2,1-4H3,(H2,24,25,26);1H. The van der Waals surface area contributed by atoms with Gasteiger partial charge in [-0.15, -0.1) is 24.0 Å². The fourth-order valence-corrected chi connectivity index (χ4v) is 3.06. The smallest absolute Gasteiger partial charge is 0.410 e. The van der Waals surface area contributed by atoms with Crippen LogP contribution >= 0.6 is 24.0 Å². The number of nitrogens with one attached hydrogen (secondary N) is 2. The molecule has 0 bridgehead atoms. The van der Waals surface area contributed by atoms with E-state index in [0.29, 0.717) is 38.1 Å². The van der Waals surface area contributed by atoms with E-state index >= 15 is 0 Å². The Kier molecular flexibility index (Phi) is 10.8. The Hall–Kier alpha value is -1.65. The summed E-state index contributed by atoms with van der Waals surface area (Å²) in [7, 11) is 0. The van der Waals surface area contributed by atoms with E-state index in [0.717, 1.165) is 31.0 Å². The molecular formula is C21H33F2IN4O2. The van der Waals surface area contributed by atoms with E-state index in [4.69, 9.17) is 4.74 Å². The highest BCUT2D eigenvalue weighted by Gasteiger charge is 2.26. The van der Waals surface area contributed by atoms with E-state index in [2.05, 4.69) is 15.6 Å². The zero-order valence-electron chi connectivity index (χ0n) is 18.1. The maximum Gasteiger partial charge on any atom is 0.410 e. The van der Waals surface area contributed by atoms with Crippen molar-refractivity contribution in [2.75, 3.05) is 26.2 Å². The van der Waals surface area contributed by atoms with Gasteiger partial charge in [-0.05, 0) is 64.7 Å². The Morgan fingerprint density at radius 1 is 1.23 bits per heavy atom. The fraction of sp³-hybridized carbons (Fsp3) is 0.619. The number of halogens is 3. The molecule has 0 spiro atoms. The maximum absolute atomic E-state index is 13.8. The number of piperidine rings is 1. The average Bonchev–Trinajstić information content (AvgIpc) is 2.65. The summed E-state index contributed by atoms with van der Waals surface area (Å²) >= 11 is 0. The first-order valence-electron chi connectivity index (χ1n) is 10.1. The van der Waals surface area contributed by atoms with Crippen LogP contribution in [0, 0.1) is 17.6 Å². The number of hydrogen-bond acceptors (Lipinski definition) is 3. The molecule has 2 rings (SSSR count). The largest absolute Gasteiger partial charge is 0.444 e. The lowest BCUT2D eigenvalue weighted by Gasteiger charge is -2.33. The summed E-state index contributed by atoms with van der Waals surface area (Å²) in [6, 6.07) is 3.36. The second kappa shape index (κ2) is 12.3. The van der Waals surface area contributed by atoms with Crippen LogP contribution in [0.2, 0.25) is 0 Å². The van der Waals surface area contributed by atoms with E-state index in [1.807, 2.05) is 27.7 Å². The molecule has 1 saturated heterocycles. The normalized spacial score (nSPS) is 15.4. The number of aliphatic imine (C=N–C) groups is 1. The molecular weight excluding hydrogens is 505 g/mol. The molecule has 9 heteroatoms. The summed E-state index contributed by atoms with van der Waals surface area (Å²) < 4.78 is 32.5. The number of amides is 1. The number of guanidine groups is 1. The summed E-state index contributed by atoms with van der Waals surface area (Å²) in [4.78, 5) is 18.2. The monoisotopic (exact) mass is 538 g/mol. The average molecular weight is 538 g/mol. The van der Waals surface area contributed by atoms with Gasteiger partial charge in [-0.2, -0.15) is 0 Å². The number of hydrogen-bond donors (Lipinski definition) is 2. The number of likely N-dealkylation sites (tertiary alicyclic amines) is 1. The van der Waals surface area contributed by atoms with Gasteiger partial charge in [-0.3, -0.25) is 0 Å². The zero-order valence-corrected chi connectivity index (χ0v) is 20.5. The molecule has 0 saturated carbocycles. The van der Waals surface area contributed by atoms with Crippen molar-refractivity contribution in [3.8, 4) is 0 Å². The van der Waals surface area contributed by atoms with Gasteiger partial charge in [0.25, 0.3) is 0 Å². The van der Waals surface area contributed by atoms with Crippen LogP contribution < -0.4 is 10.6 Å². The van der Waals surface area contributed by atoms with Gasteiger partial charge in [0.1, 0.15) is 17.2 Å². The van der Waals surface area contributed by atoms with Crippen LogP contribution in [0.4, 0.5) is 13.6 Å². The minimum absolute atomic E-state index is 0. The van der Waals surface area contributed by atoms with Crippen molar-refractivity contribution >= 4 is 36.0 Å². The van der Waals surface area contributed by atoms with Crippen LogP contribution in [0.15, 0.2) is 23.2 Å². The van der Waals surface area contributed by atoms with Crippen molar-refractivity contribution < 1.29 is 18.3 Å². The molecule has 30 heavy (non-hydrogen) atoms. The molecule has 1 aliphatic heterocycles. The summed E-state index contributed by atoms with van der Waals surface area (Å²) in [5.41, 5.74) is -0.277. The Balaban J connectivity index is 0.00000450. The predicted octanol–water partition coefficient (Wildman–Crippen LogP) is 4.29. The lowest BCUT2D eigenvalue weighted by Crippen LogP contribution is -2.45. The van der Waals surface area contributed by atoms with Gasteiger partial charge in [-0.1, -0.05) is 0 Å². The molecule has 6 nitrogen and oxygen atoms in total. The minimum Gasteiger partial charge on any atom is -0.444 e. The minimum atomic E-state index is -0.492. The zero-order chi connectivity index (χ0) is 21.4. The van der Waals surface area contributed by atoms with Crippen molar-refractivity contribution in [3.63, 3.8) is 0 Å². The predicted molar refractivity (Wildman–Crippen MR) is 125 cm³/mol. The van der Waals surface area contributed by atoms with Crippen LogP contribution in [0.1, 0.15) is 46.1 Å². The third-order valence-electron chi connectivity index (χ3n) is 4.58. The lowest BCUT2D eigenvalue weighted by atomic mass is 9.97. The molecule has 1 aromatic carbocycles. The Labute approximate surface area is 194 Å². The van der Waals surface area contributed by atoms with Crippen molar-refractivity contribution in [2.45, 2.75) is 52.7 Å². The van der Waals surface area contributed by atoms with Gasteiger partial charge in [0, 0.05) is 31.7 Å². The van der Waals surface area contributed by atoms with Gasteiger partial charge < -0.3 is 20.3 Å². The SMILES string of the molecule is CCNC(=NCc1cc(F)ccc1F)NCC1CCN(C(=O)OC(C)(C)C)CC1.I. The fourth-order valence-electron chi connectivity index (χ4n) is 3.06. The number of carbonyl (C=O) groups is 1. The van der Waals surface area contributed by atoms with Crippen molar-refractivity contribution in [3.05, 3.63) is 35.4 Å². The van der Waals surface area contributed by atoms with E-state index in [1.165, 1.54) is 0 Å². The Morgan fingerprint density at radius 3 is 2.50 bits per heavy atom. The Bertz CT molecular complexity index is 717. The molecule has 1 aliphatic rings. The highest BCUT2D eigenvalue weighted by atomic mass is 127. The van der Waals surface area contributed by atoms with Crippen molar-refractivity contribution in [2.24, 2.45) is 10.9 Å². The van der Waals surface area contributed by atoms with Gasteiger partial charge >= 0.3 is 6.09 Å². The van der Waals surface area contributed by atoms with E-state index in [-0.39, 0.29) is 42.2 Å². The van der Waals surface area contributed by atoms with Crippen LogP contribution in [0.3, 0.4) is 0 Å². The van der Waals surface area contributed by atoms with Gasteiger partial charge in [0.05, 0.1) is 6.54 Å². The second-order valence-corrected chi connectivity index (χ2v) is 8.22. The van der Waals surface area contributed by atoms with Crippen molar-refractivity contribution in [1.29, 1.82) is 0 Å². The van der Waals surface area contributed by atoms with Crippen LogP contribution in [0.25, 0.3) is 0 Å². The first kappa shape index (κ1) is 26.4. The molecule has 0 aromatic heterocycles. The van der Waals surface area contributed by atoms with Crippen LogP contribution in [-0.2, 0) is 11.3 Å². The molecule has 1 amide bonds. The van der Waals surface area contributed by atoms with E-state index in [1.54, 1.807) is 4.90 Å². The number of rotatable bonds is 5. The maximum atomic E-state index is 13.8. The second-order valence-electron chi connectivity index (χ2n) is 8.22. The number of benzene rings is 1. The first-order chi connectivity index (χ1) is 13.7. The molecule has 2 N–H and O–H groups in total. The molecule has 1 aromatic rings. The van der Waals surface area contributed by atoms with Gasteiger partial charge in [-0.25, -0.2) is 18.6 Å². The number of nitrogens with zero attached hydrogens (tertiary/aromatic N) is 2. The van der Waals surface area contributed by atoms with Gasteiger partial charge in [0.15, 0.2) is 5.96 Å². The van der Waals surface area contributed by atoms with E-state index in [9.17, 15) is 13.6 Å². The third-order valence-corrected chi connectivity index (χ3v) is 4.58. The highest BCUT2D eigenvalue weighted by molar-refractivity contribution is 14.0. The molecule has 1 heterocycles. The van der Waals surface area contributed by atoms with Crippen LogP contribution in [-0.4, -0.2) is 48.7 Å². The molecule has 0 atom stereocenters. The molecule has 170 valence electrons. The summed E-state index contributed by atoms with van der Waals surface area (Å²) in [6.07, 6.45) is 1.46. The molecule has 1 fully saturated rings. The number of carbonyl (C=O) groups excluding carboxylic acids is 1. The summed E-state index contributed by atoms with van der Waals surface area (Å²) in [5.74, 6) is 0.000928. The van der Waals surface area contributed by atoms with Gasteiger partial charge in [0.2, 0.25) is 0 Å². The number of ether oxygens (including phenoxy) is 1. The highest BCUT2D eigenvalue weighted by Crippen LogP contribution is 2.19. The van der Waals surface area contributed by atoms with Crippen molar-refractivity contribution in [1.82, 2.24) is 15.5 Å². The molecule has 0 unspecified atom stereocenters. The quantitative estimate of drug-likeness (QED) is 0.334. The molecule has 0 aliphatic carbocycles. The third kappa shape index (κ3) is 9.01. The summed E-state index contributed by atoms with van der Waals surface area (Å²) in [6.45, 7) is 10.2. The first-order valence-corrected chi connectivity index (χ1v) is 10.1. The topological polar surface area (TPSA) is 66.0 Å². The van der Waals surface area contributed by atoms with Crippen LogP contribution in [0.5, 0.6) is 0 Å².